The normalized spacial score (nSPS) is 21.4. The number of hydrazone groups is 1. The molecule has 2 aliphatic rings. The molecule has 1 N–H and O–H groups in total. The van der Waals surface area contributed by atoms with Gasteiger partial charge in [0.15, 0.2) is 0 Å². The Morgan fingerprint density at radius 2 is 1.85 bits per heavy atom. The molecule has 27 heavy (non-hydrogen) atoms. The van der Waals surface area contributed by atoms with E-state index in [1.165, 1.54) is 0 Å². The highest BCUT2D eigenvalue weighted by Crippen LogP contribution is 2.35. The van der Waals surface area contributed by atoms with E-state index in [2.05, 4.69) is 10.5 Å². The van der Waals surface area contributed by atoms with E-state index in [0.717, 1.165) is 18.4 Å². The highest BCUT2D eigenvalue weighted by Gasteiger charge is 2.54. The monoisotopic (exact) mass is 360 g/mol. The fourth-order valence-corrected chi connectivity index (χ4v) is 3.70. The Kier molecular flexibility index (Phi) is 4.36. The van der Waals surface area contributed by atoms with Gasteiger partial charge in [0.2, 0.25) is 17.1 Å². The third-order valence-corrected chi connectivity index (χ3v) is 5.15. The molecule has 5 heteroatoms. The van der Waals surface area contributed by atoms with Crippen LogP contribution >= 0.6 is 0 Å². The van der Waals surface area contributed by atoms with Crippen molar-refractivity contribution in [2.24, 2.45) is 5.10 Å². The van der Waals surface area contributed by atoms with Crippen LogP contribution in [0.5, 0.6) is 5.75 Å². The Morgan fingerprint density at radius 1 is 1.11 bits per heavy atom. The summed E-state index contributed by atoms with van der Waals surface area (Å²) in [5.74, 6) is 0.145. The van der Waals surface area contributed by atoms with Gasteiger partial charge in [0.1, 0.15) is 11.5 Å². The number of benzene rings is 2. The lowest BCUT2D eigenvalue weighted by molar-refractivity contribution is -0.115. The Morgan fingerprint density at radius 3 is 2.48 bits per heavy atom. The minimum absolute atomic E-state index is 0.256. The van der Waals surface area contributed by atoms with E-state index in [1.54, 1.807) is 55.6 Å². The van der Waals surface area contributed by atoms with Gasteiger partial charge in [-0.1, -0.05) is 36.4 Å². The second kappa shape index (κ2) is 6.83. The number of ketones is 2. The van der Waals surface area contributed by atoms with Crippen molar-refractivity contribution in [2.75, 3.05) is 7.11 Å². The molecule has 0 spiro atoms. The Balaban J connectivity index is 1.75. The quantitative estimate of drug-likeness (QED) is 0.505. The van der Waals surface area contributed by atoms with Gasteiger partial charge in [-0.3, -0.25) is 15.0 Å². The maximum absolute atomic E-state index is 13.5. The number of methoxy groups -OCH3 is 1. The summed E-state index contributed by atoms with van der Waals surface area (Å²) in [6.07, 6.45) is 4.51. The number of Topliss-reactive ketones (excluding diaryl/α,β-unsaturated/α-hetero) is 2. The van der Waals surface area contributed by atoms with Gasteiger partial charge in [0.25, 0.3) is 0 Å². The van der Waals surface area contributed by atoms with Gasteiger partial charge >= 0.3 is 0 Å². The highest BCUT2D eigenvalue weighted by molar-refractivity contribution is 6.55. The molecule has 4 rings (SSSR count). The van der Waals surface area contributed by atoms with Crippen LogP contribution in [0.3, 0.4) is 0 Å². The van der Waals surface area contributed by atoms with Crippen molar-refractivity contribution in [1.29, 1.82) is 0 Å². The van der Waals surface area contributed by atoms with Gasteiger partial charge in [-0.25, -0.2) is 0 Å². The van der Waals surface area contributed by atoms with Crippen LogP contribution in [0.1, 0.15) is 35.2 Å². The molecular formula is C22H20N2O3. The minimum Gasteiger partial charge on any atom is -0.497 e. The summed E-state index contributed by atoms with van der Waals surface area (Å²) >= 11 is 0. The van der Waals surface area contributed by atoms with Gasteiger partial charge in [-0.2, -0.15) is 5.10 Å². The largest absolute Gasteiger partial charge is 0.497 e. The second-order valence-corrected chi connectivity index (χ2v) is 6.70. The molecule has 0 bridgehead atoms. The molecule has 1 aliphatic heterocycles. The van der Waals surface area contributed by atoms with Crippen LogP contribution in [0.2, 0.25) is 0 Å². The zero-order valence-corrected chi connectivity index (χ0v) is 15.1. The first-order chi connectivity index (χ1) is 13.2. The van der Waals surface area contributed by atoms with Crippen molar-refractivity contribution in [2.45, 2.75) is 24.8 Å². The van der Waals surface area contributed by atoms with E-state index < -0.39 is 5.54 Å². The van der Waals surface area contributed by atoms with E-state index in [1.807, 2.05) is 12.1 Å². The van der Waals surface area contributed by atoms with Crippen molar-refractivity contribution in [3.05, 3.63) is 77.4 Å². The maximum atomic E-state index is 13.5. The van der Waals surface area contributed by atoms with Gasteiger partial charge in [0, 0.05) is 11.1 Å². The highest BCUT2D eigenvalue weighted by atomic mass is 16.5. The molecule has 0 fully saturated rings. The maximum Gasteiger partial charge on any atom is 0.222 e. The summed E-state index contributed by atoms with van der Waals surface area (Å²) in [6.45, 7) is 0. The molecule has 0 saturated carbocycles. The number of rotatable bonds is 5. The topological polar surface area (TPSA) is 67.8 Å². The first kappa shape index (κ1) is 17.2. The minimum atomic E-state index is -1.44. The zero-order valence-electron chi connectivity index (χ0n) is 15.1. The van der Waals surface area contributed by atoms with Crippen LogP contribution in [0.4, 0.5) is 0 Å². The predicted molar refractivity (Wildman–Crippen MR) is 103 cm³/mol. The van der Waals surface area contributed by atoms with Crippen LogP contribution in [0.25, 0.3) is 0 Å². The third-order valence-electron chi connectivity index (χ3n) is 5.15. The lowest BCUT2D eigenvalue weighted by Crippen LogP contribution is -2.55. The number of allylic oxidation sites excluding steroid dienone is 1. The summed E-state index contributed by atoms with van der Waals surface area (Å²) < 4.78 is 5.17. The number of ether oxygens (including phenoxy) is 1. The van der Waals surface area contributed by atoms with E-state index >= 15 is 0 Å². The number of carbonyl (C=O) groups is 2. The van der Waals surface area contributed by atoms with Crippen LogP contribution in [-0.4, -0.2) is 29.9 Å². The van der Waals surface area contributed by atoms with E-state index in [9.17, 15) is 9.59 Å². The summed E-state index contributed by atoms with van der Waals surface area (Å²) in [6, 6.07) is 16.0. The summed E-state index contributed by atoms with van der Waals surface area (Å²) in [4.78, 5) is 26.9. The van der Waals surface area contributed by atoms with Crippen LogP contribution in [0, 0.1) is 0 Å². The first-order valence-corrected chi connectivity index (χ1v) is 9.00. The summed E-state index contributed by atoms with van der Waals surface area (Å²) in [5.41, 5.74) is 3.73. The number of carbonyl (C=O) groups excluding carboxylic acids is 2. The molecule has 0 amide bonds. The molecule has 1 heterocycles. The van der Waals surface area contributed by atoms with Crippen molar-refractivity contribution in [3.8, 4) is 5.75 Å². The lowest BCUT2D eigenvalue weighted by Gasteiger charge is -2.27. The van der Waals surface area contributed by atoms with Crippen molar-refractivity contribution >= 4 is 17.3 Å². The van der Waals surface area contributed by atoms with E-state index in [0.29, 0.717) is 23.3 Å². The Hall–Kier alpha value is -3.21. The lowest BCUT2D eigenvalue weighted by atomic mass is 9.77. The zero-order chi connectivity index (χ0) is 18.9. The standard InChI is InChI=1S/C22H20N2O3/c1-27-18-13-11-15(12-14-18)19-21(26)22(24-23-19,17-9-5-6-10-17)20(25)16-7-3-2-4-8-16/h2-4,7-9,11-14,24H,5-6,10H2,1H3. The number of hydrogen-bond acceptors (Lipinski definition) is 5. The van der Waals surface area contributed by atoms with Crippen molar-refractivity contribution in [1.82, 2.24) is 5.43 Å². The molecule has 1 unspecified atom stereocenters. The number of hydrogen-bond donors (Lipinski definition) is 1. The number of nitrogens with zero attached hydrogens (tertiary/aromatic N) is 1. The third kappa shape index (κ3) is 2.76. The van der Waals surface area contributed by atoms with Gasteiger partial charge in [0.05, 0.1) is 7.11 Å². The van der Waals surface area contributed by atoms with Crippen molar-refractivity contribution in [3.63, 3.8) is 0 Å². The summed E-state index contributed by atoms with van der Waals surface area (Å²) in [7, 11) is 1.59. The molecule has 2 aromatic carbocycles. The van der Waals surface area contributed by atoms with Crippen LogP contribution in [0.15, 0.2) is 71.3 Å². The molecule has 5 nitrogen and oxygen atoms in total. The van der Waals surface area contributed by atoms with Crippen LogP contribution in [-0.2, 0) is 4.79 Å². The predicted octanol–water partition coefficient (Wildman–Crippen LogP) is 3.30. The molecule has 2 aromatic rings. The average Bonchev–Trinajstić information content (AvgIpc) is 3.37. The van der Waals surface area contributed by atoms with Gasteiger partial charge in [-0.15, -0.1) is 0 Å². The second-order valence-electron chi connectivity index (χ2n) is 6.70. The van der Waals surface area contributed by atoms with Crippen molar-refractivity contribution < 1.29 is 14.3 Å². The Labute approximate surface area is 157 Å². The Bertz CT molecular complexity index is 945. The fourth-order valence-electron chi connectivity index (χ4n) is 3.70. The van der Waals surface area contributed by atoms with Crippen LogP contribution < -0.4 is 10.2 Å². The SMILES string of the molecule is COc1ccc(C2=NNC(C(=O)c3ccccc3)(C3=CCCC3)C2=O)cc1. The summed E-state index contributed by atoms with van der Waals surface area (Å²) in [5, 5.41) is 4.30. The average molecular weight is 360 g/mol. The van der Waals surface area contributed by atoms with E-state index in [4.69, 9.17) is 4.74 Å². The molecular weight excluding hydrogens is 340 g/mol. The molecule has 1 atom stereocenters. The van der Waals surface area contributed by atoms with Gasteiger partial charge in [-0.05, 0) is 49.1 Å². The first-order valence-electron chi connectivity index (χ1n) is 9.00. The van der Waals surface area contributed by atoms with E-state index in [-0.39, 0.29) is 17.3 Å². The molecule has 1 aliphatic carbocycles. The molecule has 0 radical (unpaired) electrons. The molecule has 0 saturated heterocycles. The number of nitrogens with one attached hydrogen (secondary N) is 1. The molecule has 0 aromatic heterocycles. The smallest absolute Gasteiger partial charge is 0.222 e. The molecule has 136 valence electrons. The van der Waals surface area contributed by atoms with Gasteiger partial charge < -0.3 is 4.74 Å². The fraction of sp³-hybridized carbons (Fsp3) is 0.227.